The van der Waals surface area contributed by atoms with Crippen LogP contribution in [0.15, 0.2) is 36.4 Å². The van der Waals surface area contributed by atoms with Crippen LogP contribution in [0.2, 0.25) is 0 Å². The van der Waals surface area contributed by atoms with Crippen molar-refractivity contribution in [3.63, 3.8) is 0 Å². The predicted molar refractivity (Wildman–Crippen MR) is 95.5 cm³/mol. The van der Waals surface area contributed by atoms with E-state index in [1.165, 1.54) is 16.0 Å². The molecule has 1 aliphatic rings. The maximum atomic E-state index is 12.1. The van der Waals surface area contributed by atoms with E-state index in [0.29, 0.717) is 13.1 Å². The first-order chi connectivity index (χ1) is 11.6. The Morgan fingerprint density at radius 3 is 2.62 bits per heavy atom. The summed E-state index contributed by atoms with van der Waals surface area (Å²) in [5.41, 5.74) is 2.62. The first kappa shape index (κ1) is 18.2. The van der Waals surface area contributed by atoms with Gasteiger partial charge in [-0.15, -0.1) is 0 Å². The lowest BCUT2D eigenvalue weighted by molar-refractivity contribution is -0.886. The summed E-state index contributed by atoms with van der Waals surface area (Å²) in [6.07, 6.45) is 4.08. The van der Waals surface area contributed by atoms with Gasteiger partial charge in [-0.05, 0) is 30.6 Å². The Labute approximate surface area is 144 Å². The molecule has 1 unspecified atom stereocenters. The molecule has 2 atom stereocenters. The van der Waals surface area contributed by atoms with Crippen LogP contribution in [0, 0.1) is 0 Å². The summed E-state index contributed by atoms with van der Waals surface area (Å²) in [5.74, 6) is -0.189. The molecule has 0 spiro atoms. The predicted octanol–water partition coefficient (Wildman–Crippen LogP) is 0.390. The van der Waals surface area contributed by atoms with Crippen molar-refractivity contribution in [1.82, 2.24) is 10.6 Å². The minimum absolute atomic E-state index is 0.0688. The molecule has 0 radical (unpaired) electrons. The summed E-state index contributed by atoms with van der Waals surface area (Å²) in [5, 5.41) is 5.58. The zero-order valence-corrected chi connectivity index (χ0v) is 14.6. The molecule has 1 aromatic carbocycles. The zero-order chi connectivity index (χ0) is 17.4. The number of benzene rings is 1. The number of rotatable bonds is 7. The van der Waals surface area contributed by atoms with Gasteiger partial charge in [0.15, 0.2) is 6.54 Å². The lowest BCUT2D eigenvalue weighted by Gasteiger charge is -2.24. The van der Waals surface area contributed by atoms with Crippen LogP contribution in [0.3, 0.4) is 0 Å². The van der Waals surface area contributed by atoms with Gasteiger partial charge in [0.25, 0.3) is 5.91 Å². The van der Waals surface area contributed by atoms with E-state index in [0.717, 1.165) is 25.9 Å². The average Bonchev–Trinajstić information content (AvgIpc) is 2.61. The quantitative estimate of drug-likeness (QED) is 0.677. The van der Waals surface area contributed by atoms with Gasteiger partial charge in [-0.3, -0.25) is 9.59 Å². The summed E-state index contributed by atoms with van der Waals surface area (Å²) >= 11 is 0. The fraction of sp³-hybridized carbons (Fsp3) is 0.474. The highest BCUT2D eigenvalue weighted by Gasteiger charge is 2.21. The summed E-state index contributed by atoms with van der Waals surface area (Å²) in [6.45, 7) is 6.55. The first-order valence-corrected chi connectivity index (χ1v) is 8.75. The lowest BCUT2D eigenvalue weighted by atomic mass is 10.00. The van der Waals surface area contributed by atoms with Crippen molar-refractivity contribution in [3.8, 4) is 0 Å². The molecule has 2 rings (SSSR count). The lowest BCUT2D eigenvalue weighted by Crippen LogP contribution is -3.13. The molecule has 3 N–H and O–H groups in total. The van der Waals surface area contributed by atoms with E-state index in [2.05, 4.69) is 28.8 Å². The van der Waals surface area contributed by atoms with E-state index < -0.39 is 6.04 Å². The van der Waals surface area contributed by atoms with E-state index in [4.69, 9.17) is 0 Å². The topological polar surface area (TPSA) is 62.6 Å². The van der Waals surface area contributed by atoms with Gasteiger partial charge in [-0.2, -0.15) is 0 Å². The number of carbonyl (C=O) groups is 2. The molecule has 0 saturated heterocycles. The SMILES string of the molecule is CCCNC(=O)[C@@H](C)NC(=O)C[NH+]1CC=C(c2ccccc2)CC1. The van der Waals surface area contributed by atoms with Gasteiger partial charge in [-0.1, -0.05) is 37.3 Å². The number of hydrogen-bond donors (Lipinski definition) is 3. The third-order valence-electron chi connectivity index (χ3n) is 4.26. The standard InChI is InChI=1S/C19H27N3O2/c1-3-11-20-19(24)15(2)21-18(23)14-22-12-9-17(10-13-22)16-7-5-4-6-8-16/h4-9,15H,3,10-14H2,1-2H3,(H,20,24)(H,21,23)/p+1/t15-/m1/s1. The highest BCUT2D eigenvalue weighted by molar-refractivity contribution is 5.87. The summed E-state index contributed by atoms with van der Waals surface area (Å²) in [7, 11) is 0. The fourth-order valence-electron chi connectivity index (χ4n) is 2.84. The van der Waals surface area contributed by atoms with Crippen LogP contribution in [-0.2, 0) is 9.59 Å². The van der Waals surface area contributed by atoms with Crippen LogP contribution in [0.1, 0.15) is 32.3 Å². The summed E-state index contributed by atoms with van der Waals surface area (Å²) in [6, 6.07) is 9.89. The van der Waals surface area contributed by atoms with Gasteiger partial charge in [0.1, 0.15) is 6.04 Å². The van der Waals surface area contributed by atoms with Crippen LogP contribution in [0.5, 0.6) is 0 Å². The third kappa shape index (κ3) is 5.49. The number of nitrogens with one attached hydrogen (secondary N) is 3. The Bertz CT molecular complexity index is 584. The second-order valence-electron chi connectivity index (χ2n) is 6.31. The molecule has 0 saturated carbocycles. The average molecular weight is 330 g/mol. The number of quaternary nitrogens is 1. The van der Waals surface area contributed by atoms with E-state index in [1.807, 2.05) is 25.1 Å². The molecule has 130 valence electrons. The van der Waals surface area contributed by atoms with E-state index >= 15 is 0 Å². The Hall–Kier alpha value is -2.14. The zero-order valence-electron chi connectivity index (χ0n) is 14.6. The normalized spacial score (nSPS) is 18.4. The van der Waals surface area contributed by atoms with Crippen molar-refractivity contribution in [3.05, 3.63) is 42.0 Å². The second-order valence-corrected chi connectivity index (χ2v) is 6.31. The molecule has 1 aliphatic heterocycles. The molecular weight excluding hydrogens is 302 g/mol. The fourth-order valence-corrected chi connectivity index (χ4v) is 2.84. The molecule has 0 bridgehead atoms. The van der Waals surface area contributed by atoms with Crippen LogP contribution in [0.4, 0.5) is 0 Å². The highest BCUT2D eigenvalue weighted by Crippen LogP contribution is 2.17. The molecule has 0 aromatic heterocycles. The molecular formula is C19H28N3O2+. The highest BCUT2D eigenvalue weighted by atomic mass is 16.2. The molecule has 5 heteroatoms. The third-order valence-corrected chi connectivity index (χ3v) is 4.26. The van der Waals surface area contributed by atoms with Gasteiger partial charge in [0.2, 0.25) is 5.91 Å². The van der Waals surface area contributed by atoms with Crippen molar-refractivity contribution in [1.29, 1.82) is 0 Å². The molecule has 0 aliphatic carbocycles. The second kappa shape index (κ2) is 9.23. The summed E-state index contributed by atoms with van der Waals surface area (Å²) < 4.78 is 0. The maximum Gasteiger partial charge on any atom is 0.275 e. The largest absolute Gasteiger partial charge is 0.354 e. The van der Waals surface area contributed by atoms with Gasteiger partial charge >= 0.3 is 0 Å². The van der Waals surface area contributed by atoms with Crippen LogP contribution < -0.4 is 15.5 Å². The number of hydrogen-bond acceptors (Lipinski definition) is 2. The Morgan fingerprint density at radius 1 is 1.25 bits per heavy atom. The Kier molecular flexibility index (Phi) is 7.00. The van der Waals surface area contributed by atoms with E-state index in [9.17, 15) is 9.59 Å². The van der Waals surface area contributed by atoms with Gasteiger partial charge in [0, 0.05) is 13.0 Å². The molecule has 0 fully saturated rings. The molecule has 5 nitrogen and oxygen atoms in total. The van der Waals surface area contributed by atoms with Gasteiger partial charge in [0.05, 0.1) is 13.1 Å². The number of carbonyl (C=O) groups excluding carboxylic acids is 2. The Balaban J connectivity index is 1.78. The van der Waals surface area contributed by atoms with Crippen LogP contribution in [-0.4, -0.2) is 44.0 Å². The molecule has 2 amide bonds. The van der Waals surface area contributed by atoms with Crippen molar-refractivity contribution >= 4 is 17.4 Å². The molecule has 24 heavy (non-hydrogen) atoms. The molecule has 1 heterocycles. The monoisotopic (exact) mass is 330 g/mol. The maximum absolute atomic E-state index is 12.1. The first-order valence-electron chi connectivity index (χ1n) is 8.75. The minimum Gasteiger partial charge on any atom is -0.354 e. The Morgan fingerprint density at radius 2 is 2.00 bits per heavy atom. The minimum atomic E-state index is -0.483. The van der Waals surface area contributed by atoms with Crippen LogP contribution in [0.25, 0.3) is 5.57 Å². The van der Waals surface area contributed by atoms with Gasteiger partial charge in [-0.25, -0.2) is 0 Å². The van der Waals surface area contributed by atoms with Crippen molar-refractivity contribution < 1.29 is 14.5 Å². The van der Waals surface area contributed by atoms with E-state index in [1.54, 1.807) is 6.92 Å². The van der Waals surface area contributed by atoms with Crippen LogP contribution >= 0.6 is 0 Å². The molecule has 1 aromatic rings. The summed E-state index contributed by atoms with van der Waals surface area (Å²) in [4.78, 5) is 25.1. The smallest absolute Gasteiger partial charge is 0.275 e. The van der Waals surface area contributed by atoms with E-state index in [-0.39, 0.29) is 11.8 Å². The van der Waals surface area contributed by atoms with Crippen molar-refractivity contribution in [2.45, 2.75) is 32.7 Å². The number of amides is 2. The van der Waals surface area contributed by atoms with Crippen molar-refractivity contribution in [2.24, 2.45) is 0 Å². The van der Waals surface area contributed by atoms with Crippen molar-refractivity contribution in [2.75, 3.05) is 26.2 Å². The van der Waals surface area contributed by atoms with Gasteiger partial charge < -0.3 is 15.5 Å².